The van der Waals surface area contributed by atoms with Crippen molar-refractivity contribution in [3.63, 3.8) is 0 Å². The summed E-state index contributed by atoms with van der Waals surface area (Å²) in [5, 5.41) is 9.50. The van der Waals surface area contributed by atoms with Gasteiger partial charge in [0, 0.05) is 13.1 Å². The fourth-order valence-electron chi connectivity index (χ4n) is 3.05. The van der Waals surface area contributed by atoms with Crippen LogP contribution >= 0.6 is 0 Å². The van der Waals surface area contributed by atoms with Crippen molar-refractivity contribution in [3.8, 4) is 0 Å². The second-order valence-corrected chi connectivity index (χ2v) is 5.62. The molecule has 2 aliphatic heterocycles. The number of carbonyl (C=O) groups excluding carboxylic acids is 1. The van der Waals surface area contributed by atoms with Crippen LogP contribution in [0, 0.1) is 0 Å². The molecule has 20 heavy (non-hydrogen) atoms. The second kappa shape index (κ2) is 5.94. The van der Waals surface area contributed by atoms with Gasteiger partial charge in [-0.05, 0) is 30.4 Å². The Morgan fingerprint density at radius 3 is 2.85 bits per heavy atom. The lowest BCUT2D eigenvalue weighted by molar-refractivity contribution is -0.136. The minimum atomic E-state index is -0.245. The summed E-state index contributed by atoms with van der Waals surface area (Å²) >= 11 is 0. The Balaban J connectivity index is 1.65. The fraction of sp³-hybridized carbons (Fsp3) is 0.562. The first-order valence-electron chi connectivity index (χ1n) is 7.39. The van der Waals surface area contributed by atoms with Crippen molar-refractivity contribution in [2.24, 2.45) is 0 Å². The molecule has 4 heteroatoms. The maximum absolute atomic E-state index is 12.3. The Bertz CT molecular complexity index is 480. The van der Waals surface area contributed by atoms with Crippen molar-refractivity contribution in [2.75, 3.05) is 19.7 Å². The van der Waals surface area contributed by atoms with Gasteiger partial charge in [0.2, 0.25) is 5.91 Å². The third-order valence-electron chi connectivity index (χ3n) is 4.27. The van der Waals surface area contributed by atoms with Crippen LogP contribution in [0.5, 0.6) is 0 Å². The van der Waals surface area contributed by atoms with E-state index in [1.165, 1.54) is 5.56 Å². The van der Waals surface area contributed by atoms with Crippen LogP contribution in [0.1, 0.15) is 36.5 Å². The number of fused-ring (bicyclic) bond motifs is 1. The molecule has 3 rings (SSSR count). The lowest BCUT2D eigenvalue weighted by Crippen LogP contribution is -2.40. The van der Waals surface area contributed by atoms with Gasteiger partial charge in [-0.25, -0.2) is 0 Å². The van der Waals surface area contributed by atoms with E-state index in [9.17, 15) is 9.90 Å². The Kier molecular flexibility index (Phi) is 4.03. The molecular weight excluding hydrogens is 254 g/mol. The van der Waals surface area contributed by atoms with Crippen LogP contribution in [-0.2, 0) is 16.0 Å². The summed E-state index contributed by atoms with van der Waals surface area (Å²) in [6.07, 6.45) is 2.36. The topological polar surface area (TPSA) is 49.8 Å². The Morgan fingerprint density at radius 1 is 1.30 bits per heavy atom. The summed E-state index contributed by atoms with van der Waals surface area (Å²) in [5.74, 6) is 0.138. The molecule has 0 aromatic heterocycles. The van der Waals surface area contributed by atoms with Gasteiger partial charge < -0.3 is 14.7 Å². The van der Waals surface area contributed by atoms with Crippen LogP contribution in [0.15, 0.2) is 24.3 Å². The number of amides is 1. The SMILES string of the molecule is O=C(CC1OCCc2ccccc21)N1CCC(O)CC1. The van der Waals surface area contributed by atoms with Crippen molar-refractivity contribution < 1.29 is 14.6 Å². The van der Waals surface area contributed by atoms with Crippen LogP contribution in [0.3, 0.4) is 0 Å². The van der Waals surface area contributed by atoms with Gasteiger partial charge in [-0.2, -0.15) is 0 Å². The molecule has 2 aliphatic rings. The summed E-state index contributed by atoms with van der Waals surface area (Å²) in [6, 6.07) is 8.22. The second-order valence-electron chi connectivity index (χ2n) is 5.62. The lowest BCUT2D eigenvalue weighted by Gasteiger charge is -2.32. The van der Waals surface area contributed by atoms with Gasteiger partial charge >= 0.3 is 0 Å². The van der Waals surface area contributed by atoms with Crippen molar-refractivity contribution in [1.29, 1.82) is 0 Å². The minimum Gasteiger partial charge on any atom is -0.393 e. The maximum Gasteiger partial charge on any atom is 0.225 e. The highest BCUT2D eigenvalue weighted by atomic mass is 16.5. The predicted molar refractivity (Wildman–Crippen MR) is 75.3 cm³/mol. The lowest BCUT2D eigenvalue weighted by atomic mass is 9.95. The zero-order chi connectivity index (χ0) is 13.9. The zero-order valence-corrected chi connectivity index (χ0v) is 11.6. The molecule has 0 saturated carbocycles. The highest BCUT2D eigenvalue weighted by Gasteiger charge is 2.27. The van der Waals surface area contributed by atoms with Gasteiger partial charge in [0.25, 0.3) is 0 Å². The largest absolute Gasteiger partial charge is 0.393 e. The van der Waals surface area contributed by atoms with Crippen LogP contribution in [0.4, 0.5) is 0 Å². The molecule has 108 valence electrons. The van der Waals surface area contributed by atoms with E-state index in [1.807, 2.05) is 17.0 Å². The first kappa shape index (κ1) is 13.6. The summed E-state index contributed by atoms with van der Waals surface area (Å²) in [7, 11) is 0. The Labute approximate surface area is 119 Å². The number of aliphatic hydroxyl groups excluding tert-OH is 1. The smallest absolute Gasteiger partial charge is 0.225 e. The van der Waals surface area contributed by atoms with Crippen molar-refractivity contribution >= 4 is 5.91 Å². The normalized spacial score (nSPS) is 23.4. The van der Waals surface area contributed by atoms with Crippen LogP contribution in [0.25, 0.3) is 0 Å². The Morgan fingerprint density at radius 2 is 2.05 bits per heavy atom. The zero-order valence-electron chi connectivity index (χ0n) is 11.6. The van der Waals surface area contributed by atoms with Crippen molar-refractivity contribution in [2.45, 2.75) is 37.9 Å². The number of nitrogens with zero attached hydrogens (tertiary/aromatic N) is 1. The van der Waals surface area contributed by atoms with Gasteiger partial charge in [-0.3, -0.25) is 4.79 Å². The number of aliphatic hydroxyl groups is 1. The van der Waals surface area contributed by atoms with Crippen LogP contribution in [-0.4, -0.2) is 41.7 Å². The van der Waals surface area contributed by atoms with E-state index in [2.05, 4.69) is 12.1 Å². The summed E-state index contributed by atoms with van der Waals surface area (Å²) in [4.78, 5) is 14.2. The predicted octanol–water partition coefficient (Wildman–Crippen LogP) is 1.67. The van der Waals surface area contributed by atoms with Gasteiger partial charge in [0.15, 0.2) is 0 Å². The fourth-order valence-corrected chi connectivity index (χ4v) is 3.05. The molecule has 2 heterocycles. The summed E-state index contributed by atoms with van der Waals surface area (Å²) in [5.41, 5.74) is 2.45. The molecule has 1 fully saturated rings. The van der Waals surface area contributed by atoms with E-state index in [0.717, 1.165) is 12.0 Å². The molecule has 1 atom stereocenters. The summed E-state index contributed by atoms with van der Waals surface area (Å²) < 4.78 is 5.79. The molecule has 0 radical (unpaired) electrons. The van der Waals surface area contributed by atoms with E-state index >= 15 is 0 Å². The molecule has 1 aromatic carbocycles. The molecule has 1 unspecified atom stereocenters. The maximum atomic E-state index is 12.3. The van der Waals surface area contributed by atoms with Crippen LogP contribution < -0.4 is 0 Å². The highest BCUT2D eigenvalue weighted by molar-refractivity contribution is 5.77. The molecule has 1 aromatic rings. The number of ether oxygens (including phenoxy) is 1. The third-order valence-corrected chi connectivity index (χ3v) is 4.27. The van der Waals surface area contributed by atoms with E-state index in [0.29, 0.717) is 39.0 Å². The quantitative estimate of drug-likeness (QED) is 0.893. The van der Waals surface area contributed by atoms with E-state index in [-0.39, 0.29) is 18.1 Å². The van der Waals surface area contributed by atoms with Crippen molar-refractivity contribution in [1.82, 2.24) is 4.90 Å². The van der Waals surface area contributed by atoms with Crippen molar-refractivity contribution in [3.05, 3.63) is 35.4 Å². The van der Waals surface area contributed by atoms with Gasteiger partial charge in [0.05, 0.1) is 25.2 Å². The van der Waals surface area contributed by atoms with Gasteiger partial charge in [-0.15, -0.1) is 0 Å². The number of piperidine rings is 1. The monoisotopic (exact) mass is 275 g/mol. The molecule has 1 amide bonds. The molecule has 1 saturated heterocycles. The first-order valence-corrected chi connectivity index (χ1v) is 7.39. The molecule has 0 spiro atoms. The number of benzene rings is 1. The van der Waals surface area contributed by atoms with E-state index in [1.54, 1.807) is 0 Å². The summed E-state index contributed by atoms with van der Waals surface area (Å²) in [6.45, 7) is 2.01. The van der Waals surface area contributed by atoms with Gasteiger partial charge in [-0.1, -0.05) is 24.3 Å². The molecule has 0 aliphatic carbocycles. The van der Waals surface area contributed by atoms with Crippen LogP contribution in [0.2, 0.25) is 0 Å². The highest BCUT2D eigenvalue weighted by Crippen LogP contribution is 2.30. The molecule has 4 nitrogen and oxygen atoms in total. The Hall–Kier alpha value is -1.39. The molecular formula is C16H21NO3. The minimum absolute atomic E-state index is 0.112. The average molecular weight is 275 g/mol. The number of hydrogen-bond acceptors (Lipinski definition) is 3. The third kappa shape index (κ3) is 2.86. The number of carbonyl (C=O) groups is 1. The number of hydrogen-bond donors (Lipinski definition) is 1. The van der Waals surface area contributed by atoms with Gasteiger partial charge in [0.1, 0.15) is 0 Å². The van der Waals surface area contributed by atoms with E-state index in [4.69, 9.17) is 4.74 Å². The molecule has 1 N–H and O–H groups in total. The standard InChI is InChI=1S/C16H21NO3/c18-13-5-8-17(9-6-13)16(19)11-15-14-4-2-1-3-12(14)7-10-20-15/h1-4,13,15,18H,5-11H2. The number of likely N-dealkylation sites (tertiary alicyclic amines) is 1. The first-order chi connectivity index (χ1) is 9.74. The molecule has 0 bridgehead atoms. The van der Waals surface area contributed by atoms with E-state index < -0.39 is 0 Å². The average Bonchev–Trinajstić information content (AvgIpc) is 2.48. The number of rotatable bonds is 2.